The standard InChI is InChI=1S/C12H11N3O2/c1-2-4-9(5-3-1)11-6-13-15-12(14-11)17-8-10-7-16-10/h1-6,10H,7-8H2. The Balaban J connectivity index is 1.78. The van der Waals surface area contributed by atoms with Crippen LogP contribution in [-0.2, 0) is 4.74 Å². The number of ether oxygens (including phenoxy) is 2. The summed E-state index contributed by atoms with van der Waals surface area (Å²) in [6.07, 6.45) is 1.81. The largest absolute Gasteiger partial charge is 0.460 e. The Morgan fingerprint density at radius 2 is 2.12 bits per heavy atom. The summed E-state index contributed by atoms with van der Waals surface area (Å²) < 4.78 is 10.4. The molecule has 5 nitrogen and oxygen atoms in total. The quantitative estimate of drug-likeness (QED) is 0.740. The van der Waals surface area contributed by atoms with Crippen LogP contribution in [0.2, 0.25) is 0 Å². The van der Waals surface area contributed by atoms with E-state index in [1.807, 2.05) is 30.3 Å². The van der Waals surface area contributed by atoms with E-state index in [9.17, 15) is 0 Å². The van der Waals surface area contributed by atoms with E-state index in [4.69, 9.17) is 9.47 Å². The molecule has 2 heterocycles. The minimum atomic E-state index is 0.194. The first-order valence-electron chi connectivity index (χ1n) is 5.41. The zero-order valence-electron chi connectivity index (χ0n) is 9.11. The highest BCUT2D eigenvalue weighted by Gasteiger charge is 2.23. The van der Waals surface area contributed by atoms with Crippen LogP contribution in [0.4, 0.5) is 0 Å². The third-order valence-electron chi connectivity index (χ3n) is 2.41. The summed E-state index contributed by atoms with van der Waals surface area (Å²) in [6.45, 7) is 1.24. The SMILES string of the molecule is c1ccc(-c2cnnc(OCC3CO3)n2)cc1. The van der Waals surface area contributed by atoms with Gasteiger partial charge < -0.3 is 9.47 Å². The number of hydrogen-bond donors (Lipinski definition) is 0. The van der Waals surface area contributed by atoms with E-state index in [0.717, 1.165) is 17.9 Å². The molecular formula is C12H11N3O2. The van der Waals surface area contributed by atoms with Gasteiger partial charge >= 0.3 is 6.01 Å². The van der Waals surface area contributed by atoms with E-state index in [1.54, 1.807) is 6.20 Å². The van der Waals surface area contributed by atoms with Crippen LogP contribution >= 0.6 is 0 Å². The maximum absolute atomic E-state index is 5.38. The van der Waals surface area contributed by atoms with Crippen LogP contribution in [0.5, 0.6) is 6.01 Å². The van der Waals surface area contributed by atoms with Gasteiger partial charge in [0.05, 0.1) is 18.5 Å². The Labute approximate surface area is 98.4 Å². The van der Waals surface area contributed by atoms with E-state index in [2.05, 4.69) is 15.2 Å². The van der Waals surface area contributed by atoms with Crippen molar-refractivity contribution in [3.8, 4) is 17.3 Å². The molecule has 1 unspecified atom stereocenters. The summed E-state index contributed by atoms with van der Waals surface area (Å²) >= 11 is 0. The van der Waals surface area contributed by atoms with Crippen molar-refractivity contribution in [1.82, 2.24) is 15.2 Å². The van der Waals surface area contributed by atoms with Gasteiger partial charge in [-0.05, 0) is 0 Å². The molecular weight excluding hydrogens is 218 g/mol. The Bertz CT molecular complexity index is 500. The van der Waals surface area contributed by atoms with Crippen LogP contribution in [0, 0.1) is 0 Å². The van der Waals surface area contributed by atoms with Crippen LogP contribution < -0.4 is 4.74 Å². The predicted molar refractivity (Wildman–Crippen MR) is 60.5 cm³/mol. The van der Waals surface area contributed by atoms with E-state index < -0.39 is 0 Å². The Hall–Kier alpha value is -2.01. The van der Waals surface area contributed by atoms with E-state index >= 15 is 0 Å². The molecule has 0 saturated carbocycles. The molecule has 0 N–H and O–H groups in total. The van der Waals surface area contributed by atoms with Crippen molar-refractivity contribution in [3.05, 3.63) is 36.5 Å². The molecule has 0 spiro atoms. The molecule has 1 aliphatic heterocycles. The first kappa shape index (κ1) is 10.2. The molecule has 1 saturated heterocycles. The lowest BCUT2D eigenvalue weighted by molar-refractivity contribution is 0.244. The summed E-state index contributed by atoms with van der Waals surface area (Å²) in [5.41, 5.74) is 1.75. The van der Waals surface area contributed by atoms with Crippen molar-refractivity contribution in [2.24, 2.45) is 0 Å². The molecule has 0 radical (unpaired) electrons. The third-order valence-corrected chi connectivity index (χ3v) is 2.41. The second kappa shape index (κ2) is 4.47. The van der Waals surface area contributed by atoms with Crippen molar-refractivity contribution in [2.45, 2.75) is 6.10 Å². The van der Waals surface area contributed by atoms with Crippen molar-refractivity contribution in [3.63, 3.8) is 0 Å². The second-order valence-electron chi connectivity index (χ2n) is 3.76. The Morgan fingerprint density at radius 3 is 2.88 bits per heavy atom. The average Bonchev–Trinajstić information content (AvgIpc) is 3.22. The zero-order chi connectivity index (χ0) is 11.5. The molecule has 1 aromatic carbocycles. The number of aromatic nitrogens is 3. The summed E-state index contributed by atoms with van der Waals surface area (Å²) in [5.74, 6) is 0. The van der Waals surface area contributed by atoms with Gasteiger partial charge in [-0.3, -0.25) is 0 Å². The molecule has 1 fully saturated rings. The number of hydrogen-bond acceptors (Lipinski definition) is 5. The highest BCUT2D eigenvalue weighted by Crippen LogP contribution is 2.17. The minimum absolute atomic E-state index is 0.194. The highest BCUT2D eigenvalue weighted by atomic mass is 16.6. The average molecular weight is 229 g/mol. The molecule has 0 bridgehead atoms. The van der Waals surface area contributed by atoms with Crippen molar-refractivity contribution in [1.29, 1.82) is 0 Å². The van der Waals surface area contributed by atoms with Gasteiger partial charge in [0.2, 0.25) is 0 Å². The van der Waals surface area contributed by atoms with Crippen molar-refractivity contribution >= 4 is 0 Å². The number of rotatable bonds is 4. The fraction of sp³-hybridized carbons (Fsp3) is 0.250. The van der Waals surface area contributed by atoms with Gasteiger partial charge in [0.1, 0.15) is 12.7 Å². The second-order valence-corrected chi connectivity index (χ2v) is 3.76. The fourth-order valence-corrected chi connectivity index (χ4v) is 1.43. The van der Waals surface area contributed by atoms with Crippen LogP contribution in [0.3, 0.4) is 0 Å². The summed E-state index contributed by atoms with van der Waals surface area (Å²) in [5, 5.41) is 7.71. The van der Waals surface area contributed by atoms with Gasteiger partial charge in [0.25, 0.3) is 0 Å². The number of benzene rings is 1. The van der Waals surface area contributed by atoms with E-state index in [-0.39, 0.29) is 6.10 Å². The number of epoxide rings is 1. The van der Waals surface area contributed by atoms with Gasteiger partial charge in [-0.15, -0.1) is 0 Å². The molecule has 86 valence electrons. The van der Waals surface area contributed by atoms with Crippen LogP contribution in [0.1, 0.15) is 0 Å². The molecule has 1 aliphatic rings. The molecule has 1 aromatic heterocycles. The van der Waals surface area contributed by atoms with Gasteiger partial charge in [0.15, 0.2) is 0 Å². The smallest absolute Gasteiger partial charge is 0.336 e. The molecule has 2 aromatic rings. The third kappa shape index (κ3) is 2.57. The maximum Gasteiger partial charge on any atom is 0.336 e. The summed E-state index contributed by atoms with van der Waals surface area (Å²) in [4.78, 5) is 4.29. The summed E-state index contributed by atoms with van der Waals surface area (Å²) in [6, 6.07) is 10.1. The highest BCUT2D eigenvalue weighted by molar-refractivity contribution is 5.57. The van der Waals surface area contributed by atoms with Gasteiger partial charge in [0, 0.05) is 5.56 Å². The number of nitrogens with zero attached hydrogens (tertiary/aromatic N) is 3. The Kier molecular flexibility index (Phi) is 2.67. The van der Waals surface area contributed by atoms with Crippen molar-refractivity contribution < 1.29 is 9.47 Å². The molecule has 0 aliphatic carbocycles. The predicted octanol–water partition coefficient (Wildman–Crippen LogP) is 1.32. The maximum atomic E-state index is 5.38. The Morgan fingerprint density at radius 1 is 1.29 bits per heavy atom. The van der Waals surface area contributed by atoms with Gasteiger partial charge in [-0.1, -0.05) is 35.4 Å². The topological polar surface area (TPSA) is 60.4 Å². The fourth-order valence-electron chi connectivity index (χ4n) is 1.43. The lowest BCUT2D eigenvalue weighted by Gasteiger charge is -2.03. The lowest BCUT2D eigenvalue weighted by atomic mass is 10.2. The first-order chi connectivity index (χ1) is 8.42. The molecule has 3 rings (SSSR count). The van der Waals surface area contributed by atoms with Crippen LogP contribution in [-0.4, -0.2) is 34.5 Å². The van der Waals surface area contributed by atoms with Crippen LogP contribution in [0.15, 0.2) is 36.5 Å². The normalized spacial score (nSPS) is 17.8. The van der Waals surface area contributed by atoms with E-state index in [0.29, 0.717) is 12.6 Å². The monoisotopic (exact) mass is 229 g/mol. The molecule has 1 atom stereocenters. The minimum Gasteiger partial charge on any atom is -0.460 e. The molecule has 0 amide bonds. The lowest BCUT2D eigenvalue weighted by Crippen LogP contribution is -2.07. The van der Waals surface area contributed by atoms with Crippen LogP contribution in [0.25, 0.3) is 11.3 Å². The zero-order valence-corrected chi connectivity index (χ0v) is 9.11. The summed E-state index contributed by atoms with van der Waals surface area (Å²) in [7, 11) is 0. The van der Waals surface area contributed by atoms with E-state index in [1.165, 1.54) is 0 Å². The van der Waals surface area contributed by atoms with Crippen molar-refractivity contribution in [2.75, 3.05) is 13.2 Å². The molecule has 5 heteroatoms. The van der Waals surface area contributed by atoms with Gasteiger partial charge in [-0.2, -0.15) is 10.1 Å². The van der Waals surface area contributed by atoms with Gasteiger partial charge in [-0.25, -0.2) is 0 Å². The first-order valence-corrected chi connectivity index (χ1v) is 5.41. The molecule has 17 heavy (non-hydrogen) atoms.